The first kappa shape index (κ1) is 20.9. The SMILES string of the molecule is Cc1ccc(-c2nnc3sc(NC(=O)COc4ccc(C(C)(C)C)cc4)nn23)cc1F. The van der Waals surface area contributed by atoms with Gasteiger partial charge in [-0.1, -0.05) is 56.4 Å². The topological polar surface area (TPSA) is 81.4 Å². The average molecular weight is 440 g/mol. The van der Waals surface area contributed by atoms with Gasteiger partial charge in [0.05, 0.1) is 0 Å². The summed E-state index contributed by atoms with van der Waals surface area (Å²) >= 11 is 1.17. The van der Waals surface area contributed by atoms with E-state index in [0.717, 1.165) is 0 Å². The van der Waals surface area contributed by atoms with E-state index in [4.69, 9.17) is 4.74 Å². The molecule has 31 heavy (non-hydrogen) atoms. The number of hydrogen-bond donors (Lipinski definition) is 1. The van der Waals surface area contributed by atoms with Crippen LogP contribution in [0.15, 0.2) is 42.5 Å². The lowest BCUT2D eigenvalue weighted by atomic mass is 9.87. The van der Waals surface area contributed by atoms with Crippen molar-refractivity contribution in [2.45, 2.75) is 33.1 Å². The molecule has 0 saturated heterocycles. The number of ether oxygens (including phenoxy) is 1. The second-order valence-electron chi connectivity index (χ2n) is 8.20. The van der Waals surface area contributed by atoms with Crippen molar-refractivity contribution in [3.63, 3.8) is 0 Å². The molecule has 4 aromatic rings. The Bertz CT molecular complexity index is 1240. The van der Waals surface area contributed by atoms with Crippen molar-refractivity contribution in [3.8, 4) is 17.1 Å². The van der Waals surface area contributed by atoms with Crippen LogP contribution in [0.2, 0.25) is 0 Å². The number of amides is 1. The van der Waals surface area contributed by atoms with E-state index < -0.39 is 0 Å². The third kappa shape index (κ3) is 4.56. The number of rotatable bonds is 5. The summed E-state index contributed by atoms with van der Waals surface area (Å²) in [7, 11) is 0. The maximum Gasteiger partial charge on any atom is 0.264 e. The van der Waals surface area contributed by atoms with Crippen molar-refractivity contribution in [2.75, 3.05) is 11.9 Å². The highest BCUT2D eigenvalue weighted by Crippen LogP contribution is 2.26. The first-order chi connectivity index (χ1) is 14.7. The zero-order valence-electron chi connectivity index (χ0n) is 17.6. The van der Waals surface area contributed by atoms with E-state index in [2.05, 4.69) is 41.4 Å². The van der Waals surface area contributed by atoms with Gasteiger partial charge < -0.3 is 4.74 Å². The molecule has 0 unspecified atom stereocenters. The van der Waals surface area contributed by atoms with E-state index in [1.54, 1.807) is 19.1 Å². The molecule has 7 nitrogen and oxygen atoms in total. The van der Waals surface area contributed by atoms with Crippen LogP contribution in [0.25, 0.3) is 16.3 Å². The van der Waals surface area contributed by atoms with Crippen LogP contribution in [-0.2, 0) is 10.2 Å². The fraction of sp³-hybridized carbons (Fsp3) is 0.273. The Morgan fingerprint density at radius 1 is 1.16 bits per heavy atom. The van der Waals surface area contributed by atoms with Crippen molar-refractivity contribution in [1.29, 1.82) is 0 Å². The highest BCUT2D eigenvalue weighted by atomic mass is 32.1. The molecule has 1 amide bonds. The Labute approximate surface area is 182 Å². The van der Waals surface area contributed by atoms with E-state index in [0.29, 0.717) is 32.8 Å². The Morgan fingerprint density at radius 2 is 1.90 bits per heavy atom. The van der Waals surface area contributed by atoms with Gasteiger partial charge in [-0.05, 0) is 41.7 Å². The first-order valence-corrected chi connectivity index (χ1v) is 10.5. The zero-order valence-corrected chi connectivity index (χ0v) is 18.5. The molecule has 160 valence electrons. The highest BCUT2D eigenvalue weighted by molar-refractivity contribution is 7.20. The minimum atomic E-state index is -0.340. The summed E-state index contributed by atoms with van der Waals surface area (Å²) in [5, 5.41) is 15.5. The molecular weight excluding hydrogens is 417 g/mol. The number of halogens is 1. The Hall–Kier alpha value is -3.33. The summed E-state index contributed by atoms with van der Waals surface area (Å²) < 4.78 is 21.0. The molecule has 2 aromatic carbocycles. The van der Waals surface area contributed by atoms with Crippen molar-refractivity contribution in [1.82, 2.24) is 19.8 Å². The molecule has 0 bridgehead atoms. The number of benzene rings is 2. The quantitative estimate of drug-likeness (QED) is 0.491. The summed E-state index contributed by atoms with van der Waals surface area (Å²) in [5.74, 6) is 0.351. The number of aryl methyl sites for hydroxylation is 1. The van der Waals surface area contributed by atoms with Crippen LogP contribution < -0.4 is 10.1 Å². The van der Waals surface area contributed by atoms with Gasteiger partial charge >= 0.3 is 0 Å². The van der Waals surface area contributed by atoms with Gasteiger partial charge in [-0.15, -0.1) is 15.3 Å². The van der Waals surface area contributed by atoms with Crippen molar-refractivity contribution < 1.29 is 13.9 Å². The molecule has 2 aromatic heterocycles. The standard InChI is InChI=1S/C22H22FN5O2S/c1-13-5-6-14(11-17(13)23)19-25-26-21-28(19)27-20(31-21)24-18(29)12-30-16-9-7-15(8-10-16)22(2,3)4/h5-11H,12H2,1-4H3,(H,24,27,29). The van der Waals surface area contributed by atoms with Crippen molar-refractivity contribution in [2.24, 2.45) is 0 Å². The van der Waals surface area contributed by atoms with E-state index >= 15 is 0 Å². The molecule has 0 fully saturated rings. The van der Waals surface area contributed by atoms with E-state index in [9.17, 15) is 9.18 Å². The summed E-state index contributed by atoms with van der Waals surface area (Å²) in [4.78, 5) is 12.8. The molecule has 0 saturated carbocycles. The van der Waals surface area contributed by atoms with Crippen LogP contribution >= 0.6 is 11.3 Å². The van der Waals surface area contributed by atoms with Crippen molar-refractivity contribution in [3.05, 3.63) is 59.4 Å². The van der Waals surface area contributed by atoms with Crippen LogP contribution in [0.3, 0.4) is 0 Å². The lowest BCUT2D eigenvalue weighted by molar-refractivity contribution is -0.118. The number of nitrogens with one attached hydrogen (secondary N) is 1. The van der Waals surface area contributed by atoms with Gasteiger partial charge in [0.1, 0.15) is 11.6 Å². The molecule has 4 rings (SSSR count). The van der Waals surface area contributed by atoms with E-state index in [1.165, 1.54) is 27.5 Å². The molecule has 2 heterocycles. The highest BCUT2D eigenvalue weighted by Gasteiger charge is 2.16. The van der Waals surface area contributed by atoms with Gasteiger partial charge in [0.25, 0.3) is 5.91 Å². The predicted molar refractivity (Wildman–Crippen MR) is 118 cm³/mol. The van der Waals surface area contributed by atoms with Gasteiger partial charge in [-0.2, -0.15) is 4.52 Å². The van der Waals surface area contributed by atoms with E-state index in [1.807, 2.05) is 24.3 Å². The maximum absolute atomic E-state index is 13.9. The minimum absolute atomic E-state index is 0.0520. The molecular formula is C22H22FN5O2S. The van der Waals surface area contributed by atoms with Gasteiger partial charge in [-0.3, -0.25) is 10.1 Å². The number of carbonyl (C=O) groups excluding carboxylic acids is 1. The lowest BCUT2D eigenvalue weighted by Gasteiger charge is -2.19. The molecule has 0 spiro atoms. The molecule has 9 heteroatoms. The summed E-state index contributed by atoms with van der Waals surface area (Å²) in [5.41, 5.74) is 2.34. The van der Waals surface area contributed by atoms with Crippen LogP contribution in [0.5, 0.6) is 5.75 Å². The van der Waals surface area contributed by atoms with Crippen LogP contribution in [0, 0.1) is 12.7 Å². The second-order valence-corrected chi connectivity index (χ2v) is 9.16. The van der Waals surface area contributed by atoms with Gasteiger partial charge in [0, 0.05) is 5.56 Å². The smallest absolute Gasteiger partial charge is 0.264 e. The molecule has 0 aliphatic rings. The first-order valence-electron chi connectivity index (χ1n) is 9.73. The Kier molecular flexibility index (Phi) is 5.45. The Balaban J connectivity index is 1.42. The fourth-order valence-electron chi connectivity index (χ4n) is 2.93. The number of fused-ring (bicyclic) bond motifs is 1. The molecule has 0 aliphatic carbocycles. The fourth-order valence-corrected chi connectivity index (χ4v) is 3.69. The Morgan fingerprint density at radius 3 is 2.58 bits per heavy atom. The number of anilines is 1. The predicted octanol–water partition coefficient (Wildman–Crippen LogP) is 4.62. The van der Waals surface area contributed by atoms with Gasteiger partial charge in [-0.25, -0.2) is 4.39 Å². The van der Waals surface area contributed by atoms with Crippen LogP contribution in [0.4, 0.5) is 9.52 Å². The average Bonchev–Trinajstić information content (AvgIpc) is 3.28. The van der Waals surface area contributed by atoms with Crippen LogP contribution in [-0.4, -0.2) is 32.3 Å². The minimum Gasteiger partial charge on any atom is -0.484 e. The normalized spacial score (nSPS) is 11.6. The number of hydrogen-bond acceptors (Lipinski definition) is 6. The van der Waals surface area contributed by atoms with Gasteiger partial charge in [0.2, 0.25) is 10.1 Å². The third-order valence-electron chi connectivity index (χ3n) is 4.76. The third-order valence-corrected chi connectivity index (χ3v) is 5.57. The summed E-state index contributed by atoms with van der Waals surface area (Å²) in [6.45, 7) is 7.95. The second kappa shape index (κ2) is 8.07. The van der Waals surface area contributed by atoms with Crippen molar-refractivity contribution >= 4 is 27.3 Å². The molecule has 1 N–H and O–H groups in total. The number of nitrogens with zero attached hydrogens (tertiary/aromatic N) is 4. The molecule has 0 atom stereocenters. The number of aromatic nitrogens is 4. The maximum atomic E-state index is 13.9. The summed E-state index contributed by atoms with van der Waals surface area (Å²) in [6, 6.07) is 12.5. The van der Waals surface area contributed by atoms with Gasteiger partial charge in [0.15, 0.2) is 12.4 Å². The molecule has 0 aliphatic heterocycles. The lowest BCUT2D eigenvalue weighted by Crippen LogP contribution is -2.20. The van der Waals surface area contributed by atoms with E-state index in [-0.39, 0.29) is 23.7 Å². The largest absolute Gasteiger partial charge is 0.484 e. The zero-order chi connectivity index (χ0) is 22.2. The monoisotopic (exact) mass is 439 g/mol. The summed E-state index contributed by atoms with van der Waals surface area (Å²) in [6.07, 6.45) is 0. The molecule has 0 radical (unpaired) electrons. The van der Waals surface area contributed by atoms with Crippen LogP contribution in [0.1, 0.15) is 31.9 Å². The number of carbonyl (C=O) groups is 1.